The average molecular weight is 180 g/mol. The normalized spacial score (nSPS) is 12.5. The number of hydrogen-bond donors (Lipinski definition) is 0. The Bertz CT molecular complexity index is 271. The molecule has 0 amide bonds. The van der Waals surface area contributed by atoms with E-state index in [0.29, 0.717) is 18.9 Å². The van der Waals surface area contributed by atoms with E-state index in [9.17, 15) is 19.2 Å². The van der Waals surface area contributed by atoms with E-state index in [1.54, 1.807) is 0 Å². The second kappa shape index (κ2) is 6.88. The van der Waals surface area contributed by atoms with Gasteiger partial charge in [0, 0.05) is 12.0 Å². The molecule has 0 N–H and O–H groups in total. The van der Waals surface area contributed by atoms with Gasteiger partial charge < -0.3 is 4.79 Å². The van der Waals surface area contributed by atoms with Crippen molar-refractivity contribution in [2.24, 2.45) is 5.92 Å². The van der Waals surface area contributed by atoms with E-state index in [-0.39, 0.29) is 12.0 Å². The van der Waals surface area contributed by atoms with E-state index < -0.39 is 5.92 Å². The largest absolute Gasteiger partial charge is 0.303 e. The zero-order valence-electron chi connectivity index (χ0n) is 6.80. The lowest BCUT2D eigenvalue weighted by Crippen LogP contribution is -2.01. The quantitative estimate of drug-likeness (QED) is 0.325. The van der Waals surface area contributed by atoms with Crippen LogP contribution >= 0.6 is 0 Å². The van der Waals surface area contributed by atoms with Gasteiger partial charge in [-0.05, 0) is 18.1 Å². The van der Waals surface area contributed by atoms with Crippen LogP contribution in [0.1, 0.15) is 6.42 Å². The maximum atomic E-state index is 10.3. The Morgan fingerprint density at radius 2 is 2.00 bits per heavy atom. The van der Waals surface area contributed by atoms with Crippen molar-refractivity contribution in [2.75, 3.05) is 0 Å². The fourth-order valence-electron chi connectivity index (χ4n) is 0.749. The van der Waals surface area contributed by atoms with E-state index in [1.807, 2.05) is 0 Å². The van der Waals surface area contributed by atoms with Gasteiger partial charge in [0.25, 0.3) is 0 Å². The highest BCUT2D eigenvalue weighted by molar-refractivity contribution is 5.82. The summed E-state index contributed by atoms with van der Waals surface area (Å²) in [5, 5.41) is 0. The molecule has 0 aliphatic rings. The van der Waals surface area contributed by atoms with Crippen LogP contribution in [0.15, 0.2) is 17.7 Å². The van der Waals surface area contributed by atoms with Gasteiger partial charge >= 0.3 is 0 Å². The second-order valence-electron chi connectivity index (χ2n) is 2.28. The molecule has 0 aliphatic carbocycles. The van der Waals surface area contributed by atoms with Crippen LogP contribution in [0, 0.1) is 5.92 Å². The number of aldehydes is 3. The van der Waals surface area contributed by atoms with Crippen LogP contribution in [0.2, 0.25) is 0 Å². The van der Waals surface area contributed by atoms with Crippen LogP contribution in [-0.2, 0) is 19.2 Å². The lowest BCUT2D eigenvalue weighted by molar-refractivity contribution is -0.110. The van der Waals surface area contributed by atoms with Gasteiger partial charge in [-0.2, -0.15) is 0 Å². The minimum Gasteiger partial charge on any atom is -0.303 e. The van der Waals surface area contributed by atoms with Gasteiger partial charge in [-0.15, -0.1) is 0 Å². The Hall–Kier alpha value is -1.80. The predicted molar refractivity (Wildman–Crippen MR) is 44.6 cm³/mol. The van der Waals surface area contributed by atoms with Gasteiger partial charge in [-0.25, -0.2) is 4.79 Å². The van der Waals surface area contributed by atoms with Crippen molar-refractivity contribution in [2.45, 2.75) is 6.42 Å². The minimum atomic E-state index is -0.686. The molecule has 0 spiro atoms. The Morgan fingerprint density at radius 3 is 2.38 bits per heavy atom. The molecule has 13 heavy (non-hydrogen) atoms. The van der Waals surface area contributed by atoms with Crippen LogP contribution < -0.4 is 0 Å². The first-order valence-electron chi connectivity index (χ1n) is 3.54. The molecular weight excluding hydrogens is 172 g/mol. The molecule has 68 valence electrons. The first-order valence-corrected chi connectivity index (χ1v) is 3.54. The summed E-state index contributed by atoms with van der Waals surface area (Å²) in [6.07, 6.45) is 3.57. The van der Waals surface area contributed by atoms with Crippen LogP contribution in [0.25, 0.3) is 0 Å². The summed E-state index contributed by atoms with van der Waals surface area (Å²) < 4.78 is 0. The zero-order valence-corrected chi connectivity index (χ0v) is 6.80. The van der Waals surface area contributed by atoms with E-state index in [4.69, 9.17) is 0 Å². The first kappa shape index (κ1) is 11.2. The summed E-state index contributed by atoms with van der Waals surface area (Å²) in [6, 6.07) is 0. The summed E-state index contributed by atoms with van der Waals surface area (Å²) in [4.78, 5) is 40.5. The Morgan fingerprint density at radius 1 is 1.31 bits per heavy atom. The average Bonchev–Trinajstić information content (AvgIpc) is 2.16. The fourth-order valence-corrected chi connectivity index (χ4v) is 0.749. The van der Waals surface area contributed by atoms with E-state index >= 15 is 0 Å². The van der Waals surface area contributed by atoms with Crippen molar-refractivity contribution in [3.63, 3.8) is 0 Å². The first-order chi connectivity index (χ1) is 6.28. The monoisotopic (exact) mass is 180 g/mol. The van der Waals surface area contributed by atoms with E-state index in [1.165, 1.54) is 5.94 Å². The SMILES string of the molecule is O=C=CC(C=O)CC(C=O)=CC=O. The van der Waals surface area contributed by atoms with E-state index in [0.717, 1.165) is 12.2 Å². The summed E-state index contributed by atoms with van der Waals surface area (Å²) in [7, 11) is 0. The third-order valence-electron chi connectivity index (χ3n) is 1.36. The van der Waals surface area contributed by atoms with Gasteiger partial charge in [-0.3, -0.25) is 9.59 Å². The molecule has 0 saturated heterocycles. The molecule has 0 aromatic heterocycles. The van der Waals surface area contributed by atoms with Crippen molar-refractivity contribution >= 4 is 24.8 Å². The Labute approximate surface area is 74.9 Å². The third kappa shape index (κ3) is 4.61. The molecule has 4 heteroatoms. The van der Waals surface area contributed by atoms with E-state index in [2.05, 4.69) is 0 Å². The molecule has 0 bridgehead atoms. The number of allylic oxidation sites excluding steroid dienone is 3. The summed E-state index contributed by atoms with van der Waals surface area (Å²) in [5.74, 6) is 0.766. The van der Waals surface area contributed by atoms with Crippen LogP contribution in [0.5, 0.6) is 0 Å². The zero-order chi connectivity index (χ0) is 10.1. The number of hydrogen-bond acceptors (Lipinski definition) is 4. The molecule has 0 fully saturated rings. The molecule has 0 heterocycles. The van der Waals surface area contributed by atoms with Gasteiger partial charge in [-0.1, -0.05) is 0 Å². The second-order valence-corrected chi connectivity index (χ2v) is 2.28. The molecule has 0 aromatic rings. The molecule has 1 atom stereocenters. The molecule has 1 unspecified atom stereocenters. The molecular formula is C9H8O4. The van der Waals surface area contributed by atoms with Gasteiger partial charge in [0.15, 0.2) is 0 Å². The molecule has 0 aliphatic heterocycles. The van der Waals surface area contributed by atoms with Crippen LogP contribution in [-0.4, -0.2) is 24.8 Å². The smallest absolute Gasteiger partial charge is 0.146 e. The third-order valence-corrected chi connectivity index (χ3v) is 1.36. The lowest BCUT2D eigenvalue weighted by Gasteiger charge is -2.00. The van der Waals surface area contributed by atoms with Crippen molar-refractivity contribution in [3.05, 3.63) is 17.7 Å². The Kier molecular flexibility index (Phi) is 5.93. The topological polar surface area (TPSA) is 68.3 Å². The Balaban J connectivity index is 4.43. The number of carbonyl (C=O) groups excluding carboxylic acids is 4. The summed E-state index contributed by atoms with van der Waals surface area (Å²) >= 11 is 0. The van der Waals surface area contributed by atoms with Crippen molar-refractivity contribution in [1.29, 1.82) is 0 Å². The van der Waals surface area contributed by atoms with Crippen molar-refractivity contribution in [3.8, 4) is 0 Å². The summed E-state index contributed by atoms with van der Waals surface area (Å²) in [5.41, 5.74) is 0.179. The number of carbonyl (C=O) groups is 3. The maximum Gasteiger partial charge on any atom is 0.146 e. The molecule has 0 radical (unpaired) electrons. The number of rotatable bonds is 6. The van der Waals surface area contributed by atoms with Crippen molar-refractivity contribution in [1.82, 2.24) is 0 Å². The maximum absolute atomic E-state index is 10.3. The molecule has 0 aromatic carbocycles. The standard InChI is InChI=1S/C9H8O4/c10-3-1-8(6-12)5-9(7-13)2-4-11/h1-3,6-7,9H,5H2. The highest BCUT2D eigenvalue weighted by atomic mass is 16.1. The molecule has 0 saturated carbocycles. The highest BCUT2D eigenvalue weighted by Crippen LogP contribution is 2.07. The molecule has 0 rings (SSSR count). The van der Waals surface area contributed by atoms with Crippen LogP contribution in [0.3, 0.4) is 0 Å². The highest BCUT2D eigenvalue weighted by Gasteiger charge is 2.06. The van der Waals surface area contributed by atoms with Gasteiger partial charge in [0.2, 0.25) is 0 Å². The summed E-state index contributed by atoms with van der Waals surface area (Å²) in [6.45, 7) is 0. The fraction of sp³-hybridized carbons (Fsp3) is 0.222. The van der Waals surface area contributed by atoms with Gasteiger partial charge in [0.1, 0.15) is 24.8 Å². The molecule has 4 nitrogen and oxygen atoms in total. The van der Waals surface area contributed by atoms with Gasteiger partial charge in [0.05, 0.1) is 0 Å². The van der Waals surface area contributed by atoms with Crippen molar-refractivity contribution < 1.29 is 19.2 Å². The van der Waals surface area contributed by atoms with Crippen LogP contribution in [0.4, 0.5) is 0 Å². The lowest BCUT2D eigenvalue weighted by atomic mass is 10.0. The predicted octanol–water partition coefficient (Wildman–Crippen LogP) is -0.0964. The minimum absolute atomic E-state index is 0.0565.